The van der Waals surface area contributed by atoms with Crippen molar-refractivity contribution in [2.75, 3.05) is 20.4 Å². The van der Waals surface area contributed by atoms with Crippen molar-refractivity contribution in [3.05, 3.63) is 63.9 Å². The van der Waals surface area contributed by atoms with Crippen molar-refractivity contribution in [1.82, 2.24) is 10.6 Å². The number of rotatable bonds is 5. The standard InChI is InChI=1S/C19H21ClFN3O2/c1-22-19(23-6-5-13-3-2-4-16(20)7-13)24-10-14-8-17(21)9-15-11-25-12-26-18(14)15/h2-4,7-9H,5-6,10-12H2,1H3,(H2,22,23,24). The quantitative estimate of drug-likeness (QED) is 0.620. The van der Waals surface area contributed by atoms with E-state index in [0.717, 1.165) is 28.1 Å². The number of hydrogen-bond acceptors (Lipinski definition) is 3. The molecule has 1 aliphatic rings. The van der Waals surface area contributed by atoms with Gasteiger partial charge in [-0.05, 0) is 36.2 Å². The Bertz CT molecular complexity index is 798. The molecule has 2 aromatic rings. The lowest BCUT2D eigenvalue weighted by atomic mass is 10.1. The van der Waals surface area contributed by atoms with Crippen LogP contribution in [-0.2, 0) is 24.3 Å². The van der Waals surface area contributed by atoms with Gasteiger partial charge >= 0.3 is 0 Å². The maximum absolute atomic E-state index is 13.8. The van der Waals surface area contributed by atoms with Crippen molar-refractivity contribution in [1.29, 1.82) is 0 Å². The summed E-state index contributed by atoms with van der Waals surface area (Å²) < 4.78 is 24.5. The summed E-state index contributed by atoms with van der Waals surface area (Å²) in [4.78, 5) is 4.20. The van der Waals surface area contributed by atoms with E-state index in [0.29, 0.717) is 31.4 Å². The highest BCUT2D eigenvalue weighted by Crippen LogP contribution is 2.29. The minimum atomic E-state index is -0.307. The number of fused-ring (bicyclic) bond motifs is 1. The number of benzene rings is 2. The second-order valence-electron chi connectivity index (χ2n) is 5.90. The number of nitrogens with zero attached hydrogens (tertiary/aromatic N) is 1. The van der Waals surface area contributed by atoms with Crippen molar-refractivity contribution in [3.63, 3.8) is 0 Å². The summed E-state index contributed by atoms with van der Waals surface area (Å²) in [5.74, 6) is 1.01. The Balaban J connectivity index is 1.55. The second-order valence-corrected chi connectivity index (χ2v) is 6.33. The summed E-state index contributed by atoms with van der Waals surface area (Å²) >= 11 is 5.99. The van der Waals surface area contributed by atoms with Crippen molar-refractivity contribution in [2.45, 2.75) is 19.6 Å². The van der Waals surface area contributed by atoms with Gasteiger partial charge in [0.2, 0.25) is 0 Å². The zero-order valence-electron chi connectivity index (χ0n) is 14.5. The van der Waals surface area contributed by atoms with Gasteiger partial charge in [-0.15, -0.1) is 0 Å². The monoisotopic (exact) mass is 377 g/mol. The molecule has 0 bridgehead atoms. The second kappa shape index (κ2) is 8.87. The molecule has 0 aromatic heterocycles. The molecule has 1 heterocycles. The van der Waals surface area contributed by atoms with E-state index in [-0.39, 0.29) is 12.6 Å². The first-order valence-electron chi connectivity index (χ1n) is 8.36. The summed E-state index contributed by atoms with van der Waals surface area (Å²) in [6, 6.07) is 10.7. The molecule has 0 radical (unpaired) electrons. The van der Waals surface area contributed by atoms with Gasteiger partial charge in [-0.3, -0.25) is 4.99 Å². The molecule has 2 N–H and O–H groups in total. The maximum atomic E-state index is 13.8. The SMILES string of the molecule is CN=C(NCCc1cccc(Cl)c1)NCc1cc(F)cc2c1OCOC2. The number of nitrogens with one attached hydrogen (secondary N) is 2. The Kier molecular flexibility index (Phi) is 6.30. The first kappa shape index (κ1) is 18.5. The fourth-order valence-corrected chi connectivity index (χ4v) is 3.02. The predicted molar refractivity (Wildman–Crippen MR) is 100 cm³/mol. The summed E-state index contributed by atoms with van der Waals surface area (Å²) in [6.07, 6.45) is 0.817. The van der Waals surface area contributed by atoms with Gasteiger partial charge in [0.15, 0.2) is 12.8 Å². The number of aliphatic imine (C=N–C) groups is 1. The molecule has 138 valence electrons. The zero-order valence-corrected chi connectivity index (χ0v) is 15.3. The van der Waals surface area contributed by atoms with Crippen LogP contribution in [0.2, 0.25) is 5.02 Å². The van der Waals surface area contributed by atoms with Crippen LogP contribution in [0.3, 0.4) is 0 Å². The van der Waals surface area contributed by atoms with Crippen molar-refractivity contribution in [2.24, 2.45) is 4.99 Å². The molecule has 3 rings (SSSR count). The van der Waals surface area contributed by atoms with Crippen molar-refractivity contribution < 1.29 is 13.9 Å². The molecule has 2 aromatic carbocycles. The molecule has 1 aliphatic heterocycles. The molecular weight excluding hydrogens is 357 g/mol. The van der Waals surface area contributed by atoms with E-state index in [1.165, 1.54) is 12.1 Å². The highest BCUT2D eigenvalue weighted by atomic mass is 35.5. The molecule has 7 heteroatoms. The number of halogens is 2. The molecule has 0 spiro atoms. The minimum Gasteiger partial charge on any atom is -0.467 e. The predicted octanol–water partition coefficient (Wildman–Crippen LogP) is 3.25. The average molecular weight is 378 g/mol. The van der Waals surface area contributed by atoms with E-state index < -0.39 is 0 Å². The average Bonchev–Trinajstić information content (AvgIpc) is 2.64. The van der Waals surface area contributed by atoms with Gasteiger partial charge in [0.25, 0.3) is 0 Å². The highest BCUT2D eigenvalue weighted by molar-refractivity contribution is 6.30. The number of guanidine groups is 1. The molecule has 0 amide bonds. The third-order valence-electron chi connectivity index (χ3n) is 4.02. The summed E-state index contributed by atoms with van der Waals surface area (Å²) in [5.41, 5.74) is 2.60. The van der Waals surface area contributed by atoms with Crippen LogP contribution in [0.15, 0.2) is 41.4 Å². The van der Waals surface area contributed by atoms with Crippen LogP contribution in [0, 0.1) is 5.82 Å². The van der Waals surface area contributed by atoms with Gasteiger partial charge in [0.05, 0.1) is 6.61 Å². The Morgan fingerprint density at radius 3 is 2.96 bits per heavy atom. The van der Waals surface area contributed by atoms with E-state index in [2.05, 4.69) is 15.6 Å². The lowest BCUT2D eigenvalue weighted by Crippen LogP contribution is -2.38. The third kappa shape index (κ3) is 4.86. The zero-order chi connectivity index (χ0) is 18.4. The third-order valence-corrected chi connectivity index (χ3v) is 4.25. The Morgan fingerprint density at radius 1 is 1.27 bits per heavy atom. The molecule has 0 saturated carbocycles. The van der Waals surface area contributed by atoms with E-state index in [4.69, 9.17) is 21.1 Å². The largest absolute Gasteiger partial charge is 0.467 e. The molecule has 0 saturated heterocycles. The van der Waals surface area contributed by atoms with Crippen LogP contribution >= 0.6 is 11.6 Å². The van der Waals surface area contributed by atoms with Crippen molar-refractivity contribution >= 4 is 17.6 Å². The Labute approximate surface area is 157 Å². The first-order valence-corrected chi connectivity index (χ1v) is 8.74. The van der Waals surface area contributed by atoms with Crippen LogP contribution in [0.1, 0.15) is 16.7 Å². The van der Waals surface area contributed by atoms with Gasteiger partial charge in [-0.25, -0.2) is 4.39 Å². The lowest BCUT2D eigenvalue weighted by molar-refractivity contribution is -0.0172. The number of hydrogen-bond donors (Lipinski definition) is 2. The topological polar surface area (TPSA) is 54.9 Å². The van der Waals surface area contributed by atoms with Gasteiger partial charge in [-0.2, -0.15) is 0 Å². The summed E-state index contributed by atoms with van der Waals surface area (Å²) in [5, 5.41) is 7.15. The summed E-state index contributed by atoms with van der Waals surface area (Å²) in [6.45, 7) is 1.63. The first-order chi connectivity index (χ1) is 12.7. The Morgan fingerprint density at radius 2 is 2.15 bits per heavy atom. The smallest absolute Gasteiger partial charge is 0.191 e. The van der Waals surface area contributed by atoms with Crippen LogP contribution < -0.4 is 15.4 Å². The summed E-state index contributed by atoms with van der Waals surface area (Å²) in [7, 11) is 1.69. The molecule has 5 nitrogen and oxygen atoms in total. The highest BCUT2D eigenvalue weighted by Gasteiger charge is 2.17. The van der Waals surface area contributed by atoms with Gasteiger partial charge in [0.1, 0.15) is 11.6 Å². The van der Waals surface area contributed by atoms with Crippen LogP contribution in [-0.4, -0.2) is 26.3 Å². The van der Waals surface area contributed by atoms with Gasteiger partial charge in [-0.1, -0.05) is 23.7 Å². The van der Waals surface area contributed by atoms with E-state index in [9.17, 15) is 4.39 Å². The number of ether oxygens (including phenoxy) is 2. The molecule has 0 aliphatic carbocycles. The lowest BCUT2D eigenvalue weighted by Gasteiger charge is -2.21. The van der Waals surface area contributed by atoms with E-state index in [1.807, 2.05) is 24.3 Å². The van der Waals surface area contributed by atoms with Gasteiger partial charge in [0, 0.05) is 36.3 Å². The minimum absolute atomic E-state index is 0.179. The van der Waals surface area contributed by atoms with E-state index in [1.54, 1.807) is 7.05 Å². The van der Waals surface area contributed by atoms with Gasteiger partial charge < -0.3 is 20.1 Å². The molecule has 0 atom stereocenters. The molecule has 26 heavy (non-hydrogen) atoms. The van der Waals surface area contributed by atoms with E-state index >= 15 is 0 Å². The fourth-order valence-electron chi connectivity index (χ4n) is 2.81. The van der Waals surface area contributed by atoms with Crippen LogP contribution in [0.4, 0.5) is 4.39 Å². The molecule has 0 unspecified atom stereocenters. The van der Waals surface area contributed by atoms with Crippen LogP contribution in [0.25, 0.3) is 0 Å². The normalized spacial score (nSPS) is 13.7. The Hall–Kier alpha value is -2.31. The van der Waals surface area contributed by atoms with Crippen LogP contribution in [0.5, 0.6) is 5.75 Å². The fraction of sp³-hybridized carbons (Fsp3) is 0.316. The van der Waals surface area contributed by atoms with Crippen molar-refractivity contribution in [3.8, 4) is 5.75 Å². The maximum Gasteiger partial charge on any atom is 0.191 e. The molecular formula is C19H21ClFN3O2. The molecule has 0 fully saturated rings.